The van der Waals surface area contributed by atoms with Crippen molar-refractivity contribution in [3.8, 4) is 17.1 Å². The van der Waals surface area contributed by atoms with E-state index >= 15 is 0 Å². The molecule has 2 amide bonds. The van der Waals surface area contributed by atoms with Crippen molar-refractivity contribution < 1.29 is 14.3 Å². The molecule has 154 valence electrons. The second-order valence-corrected chi connectivity index (χ2v) is 6.85. The summed E-state index contributed by atoms with van der Waals surface area (Å²) in [6, 6.07) is 15.0. The van der Waals surface area contributed by atoms with Gasteiger partial charge in [-0.25, -0.2) is 9.97 Å². The first-order valence-corrected chi connectivity index (χ1v) is 9.72. The minimum absolute atomic E-state index is 0.169. The maximum absolute atomic E-state index is 12.3. The highest BCUT2D eigenvalue weighted by Crippen LogP contribution is 2.18. The minimum atomic E-state index is -0.264. The van der Waals surface area contributed by atoms with Gasteiger partial charge in [-0.15, -0.1) is 0 Å². The number of nitrogens with one attached hydrogen (secondary N) is 2. The summed E-state index contributed by atoms with van der Waals surface area (Å²) >= 11 is 6.11. The molecule has 0 saturated carbocycles. The fraction of sp³-hybridized carbons (Fsp3) is 0.182. The Hall–Kier alpha value is -3.45. The number of aromatic nitrogens is 2. The predicted molar refractivity (Wildman–Crippen MR) is 114 cm³/mol. The first kappa shape index (κ1) is 21.3. The van der Waals surface area contributed by atoms with Gasteiger partial charge >= 0.3 is 6.01 Å². The Morgan fingerprint density at radius 2 is 1.73 bits per heavy atom. The van der Waals surface area contributed by atoms with Gasteiger partial charge in [0.2, 0.25) is 5.91 Å². The number of nitrogens with zero attached hydrogens (tertiary/aromatic N) is 2. The molecule has 2 N–H and O–H groups in total. The zero-order valence-electron chi connectivity index (χ0n) is 16.4. The summed E-state index contributed by atoms with van der Waals surface area (Å²) in [6.07, 6.45) is 3.39. The quantitative estimate of drug-likeness (QED) is 0.541. The van der Waals surface area contributed by atoms with Gasteiger partial charge in [0.05, 0.1) is 6.54 Å². The third-order valence-corrected chi connectivity index (χ3v) is 4.56. The number of ether oxygens (including phenoxy) is 1. The molecule has 7 nitrogen and oxygen atoms in total. The van der Waals surface area contributed by atoms with E-state index in [0.717, 1.165) is 11.1 Å². The van der Waals surface area contributed by atoms with E-state index in [4.69, 9.17) is 16.3 Å². The van der Waals surface area contributed by atoms with Crippen molar-refractivity contribution in [3.05, 3.63) is 77.1 Å². The lowest BCUT2D eigenvalue weighted by Crippen LogP contribution is -2.28. The van der Waals surface area contributed by atoms with Crippen molar-refractivity contribution >= 4 is 23.4 Å². The van der Waals surface area contributed by atoms with E-state index < -0.39 is 0 Å². The molecule has 0 fully saturated rings. The van der Waals surface area contributed by atoms with Gasteiger partial charge in [0.1, 0.15) is 6.61 Å². The van der Waals surface area contributed by atoms with Crippen LogP contribution in [0.1, 0.15) is 22.8 Å². The molecule has 30 heavy (non-hydrogen) atoms. The van der Waals surface area contributed by atoms with E-state index in [0.29, 0.717) is 16.1 Å². The van der Waals surface area contributed by atoms with Crippen LogP contribution in [0.15, 0.2) is 60.9 Å². The van der Waals surface area contributed by atoms with Crippen LogP contribution in [0.3, 0.4) is 0 Å². The zero-order valence-corrected chi connectivity index (χ0v) is 17.1. The first-order valence-electron chi connectivity index (χ1n) is 9.34. The van der Waals surface area contributed by atoms with Crippen molar-refractivity contribution in [2.24, 2.45) is 0 Å². The number of carbonyl (C=O) groups excluding carboxylic acids is 2. The fourth-order valence-electron chi connectivity index (χ4n) is 2.65. The molecule has 1 heterocycles. The topological polar surface area (TPSA) is 93.2 Å². The molecule has 0 aliphatic rings. The molecule has 1 aromatic heterocycles. The normalized spacial score (nSPS) is 10.3. The van der Waals surface area contributed by atoms with Crippen LogP contribution in [0.4, 0.5) is 0 Å². The van der Waals surface area contributed by atoms with E-state index in [1.807, 2.05) is 30.3 Å². The molecule has 0 aliphatic carbocycles. The van der Waals surface area contributed by atoms with Crippen LogP contribution >= 0.6 is 11.6 Å². The summed E-state index contributed by atoms with van der Waals surface area (Å²) in [4.78, 5) is 31.8. The molecule has 0 bridgehead atoms. The maximum atomic E-state index is 12.3. The lowest BCUT2D eigenvalue weighted by Gasteiger charge is -2.10. The Morgan fingerprint density at radius 3 is 2.43 bits per heavy atom. The van der Waals surface area contributed by atoms with Crippen molar-refractivity contribution in [1.82, 2.24) is 20.6 Å². The average molecular weight is 425 g/mol. The molecule has 0 spiro atoms. The molecular formula is C22H21ClN4O3. The maximum Gasteiger partial charge on any atom is 0.316 e. The highest BCUT2D eigenvalue weighted by atomic mass is 35.5. The summed E-state index contributed by atoms with van der Waals surface area (Å²) in [5.41, 5.74) is 3.04. The number of rotatable bonds is 8. The largest absolute Gasteiger partial charge is 0.462 e. The molecule has 0 radical (unpaired) electrons. The van der Waals surface area contributed by atoms with Crippen LogP contribution in [-0.4, -0.2) is 34.9 Å². The molecule has 3 aromatic rings. The third kappa shape index (κ3) is 6.02. The average Bonchev–Trinajstić information content (AvgIpc) is 2.77. The van der Waals surface area contributed by atoms with Gasteiger partial charge in [0, 0.05) is 42.0 Å². The van der Waals surface area contributed by atoms with E-state index in [2.05, 4.69) is 20.6 Å². The number of benzene rings is 2. The zero-order chi connectivity index (χ0) is 21.3. The molecule has 0 atom stereocenters. The first-order chi connectivity index (χ1) is 14.5. The Bertz CT molecular complexity index is 1010. The molecule has 0 saturated heterocycles. The number of hydrogen-bond donors (Lipinski definition) is 2. The molecule has 8 heteroatoms. The lowest BCUT2D eigenvalue weighted by atomic mass is 10.1. The van der Waals surface area contributed by atoms with Gasteiger partial charge in [-0.1, -0.05) is 41.9 Å². The Morgan fingerprint density at radius 1 is 1.00 bits per heavy atom. The van der Waals surface area contributed by atoms with Crippen molar-refractivity contribution in [3.63, 3.8) is 0 Å². The smallest absolute Gasteiger partial charge is 0.316 e. The van der Waals surface area contributed by atoms with Gasteiger partial charge in [-0.2, -0.15) is 0 Å². The molecule has 3 rings (SSSR count). The minimum Gasteiger partial charge on any atom is -0.462 e. The van der Waals surface area contributed by atoms with Gasteiger partial charge < -0.3 is 15.4 Å². The van der Waals surface area contributed by atoms with E-state index in [-0.39, 0.29) is 37.5 Å². The fourth-order valence-corrected chi connectivity index (χ4v) is 2.83. The SMILES string of the molecule is CC(=O)NCc1cc(C(=O)NCCOc2ncc(-c3ccccc3)cn2)ccc1Cl. The van der Waals surface area contributed by atoms with Gasteiger partial charge in [-0.3, -0.25) is 9.59 Å². The number of hydrogen-bond acceptors (Lipinski definition) is 5. The standard InChI is InChI=1S/C22H21ClN4O3/c1-15(28)25-12-18-11-17(7-8-20(18)23)21(29)24-9-10-30-22-26-13-19(14-27-22)16-5-3-2-4-6-16/h2-8,11,13-14H,9-10,12H2,1H3,(H,24,29)(H,25,28). The van der Waals surface area contributed by atoms with Crippen molar-refractivity contribution in [1.29, 1.82) is 0 Å². The molecular weight excluding hydrogens is 404 g/mol. The summed E-state index contributed by atoms with van der Waals surface area (Å²) < 4.78 is 5.49. The van der Waals surface area contributed by atoms with Gasteiger partial charge in [-0.05, 0) is 29.3 Å². The van der Waals surface area contributed by atoms with Crippen LogP contribution in [0.2, 0.25) is 5.02 Å². The second kappa shape index (κ2) is 10.4. The van der Waals surface area contributed by atoms with Crippen LogP contribution in [0.25, 0.3) is 11.1 Å². The number of carbonyl (C=O) groups is 2. The van der Waals surface area contributed by atoms with Crippen LogP contribution < -0.4 is 15.4 Å². The second-order valence-electron chi connectivity index (χ2n) is 6.44. The van der Waals surface area contributed by atoms with E-state index in [1.165, 1.54) is 6.92 Å². The van der Waals surface area contributed by atoms with Crippen LogP contribution in [-0.2, 0) is 11.3 Å². The van der Waals surface area contributed by atoms with Crippen LogP contribution in [0.5, 0.6) is 6.01 Å². The summed E-state index contributed by atoms with van der Waals surface area (Å²) in [5, 5.41) is 5.92. The molecule has 2 aromatic carbocycles. The monoisotopic (exact) mass is 424 g/mol. The summed E-state index contributed by atoms with van der Waals surface area (Å²) in [7, 11) is 0. The van der Waals surface area contributed by atoms with E-state index in [1.54, 1.807) is 30.6 Å². The molecule has 0 unspecified atom stereocenters. The van der Waals surface area contributed by atoms with E-state index in [9.17, 15) is 9.59 Å². The van der Waals surface area contributed by atoms with Crippen LogP contribution in [0, 0.1) is 0 Å². The van der Waals surface area contributed by atoms with Gasteiger partial charge in [0.15, 0.2) is 0 Å². The summed E-state index contributed by atoms with van der Waals surface area (Å²) in [6.45, 7) is 2.19. The molecule has 0 aliphatic heterocycles. The Labute approximate surface area is 179 Å². The van der Waals surface area contributed by atoms with Crippen molar-refractivity contribution in [2.45, 2.75) is 13.5 Å². The lowest BCUT2D eigenvalue weighted by molar-refractivity contribution is -0.119. The van der Waals surface area contributed by atoms with Gasteiger partial charge in [0.25, 0.3) is 5.91 Å². The predicted octanol–water partition coefficient (Wildman–Crippen LogP) is 3.24. The Balaban J connectivity index is 1.48. The highest BCUT2D eigenvalue weighted by molar-refractivity contribution is 6.31. The summed E-state index contributed by atoms with van der Waals surface area (Å²) in [5.74, 6) is -0.434. The number of amides is 2. The number of halogens is 1. The van der Waals surface area contributed by atoms with Crippen molar-refractivity contribution in [2.75, 3.05) is 13.2 Å². The highest BCUT2D eigenvalue weighted by Gasteiger charge is 2.09. The Kier molecular flexibility index (Phi) is 7.34. The third-order valence-electron chi connectivity index (χ3n) is 4.19.